The van der Waals surface area contributed by atoms with Crippen molar-refractivity contribution in [3.05, 3.63) is 0 Å². The summed E-state index contributed by atoms with van der Waals surface area (Å²) in [4.78, 5) is 14.0. The lowest BCUT2D eigenvalue weighted by molar-refractivity contribution is -0.123. The maximum absolute atomic E-state index is 11.8. The molecule has 0 saturated heterocycles. The van der Waals surface area contributed by atoms with Gasteiger partial charge in [-0.1, -0.05) is 13.8 Å². The van der Waals surface area contributed by atoms with Crippen LogP contribution >= 0.6 is 0 Å². The van der Waals surface area contributed by atoms with Crippen LogP contribution < -0.4 is 11.1 Å². The highest BCUT2D eigenvalue weighted by Gasteiger charge is 2.23. The van der Waals surface area contributed by atoms with E-state index in [1.54, 1.807) is 0 Å². The van der Waals surface area contributed by atoms with Crippen LogP contribution in [-0.2, 0) is 4.79 Å². The van der Waals surface area contributed by atoms with Gasteiger partial charge in [0.05, 0.1) is 6.54 Å². The van der Waals surface area contributed by atoms with Crippen LogP contribution in [0.3, 0.4) is 0 Å². The largest absolute Gasteiger partial charge is 0.355 e. The van der Waals surface area contributed by atoms with Crippen LogP contribution in [0.5, 0.6) is 0 Å². The third-order valence-electron chi connectivity index (χ3n) is 2.57. The Kier molecular flexibility index (Phi) is 7.39. The van der Waals surface area contributed by atoms with E-state index in [0.29, 0.717) is 25.6 Å². The van der Waals surface area contributed by atoms with Gasteiger partial charge in [0.2, 0.25) is 5.91 Å². The first-order valence-electron chi connectivity index (χ1n) is 6.49. The van der Waals surface area contributed by atoms with Gasteiger partial charge in [-0.2, -0.15) is 0 Å². The maximum Gasteiger partial charge on any atom is 0.234 e. The van der Waals surface area contributed by atoms with Crippen LogP contribution in [0.4, 0.5) is 0 Å². The zero-order valence-electron chi connectivity index (χ0n) is 12.0. The first-order chi connectivity index (χ1) is 7.77. The summed E-state index contributed by atoms with van der Waals surface area (Å²) >= 11 is 0. The van der Waals surface area contributed by atoms with Crippen molar-refractivity contribution in [3.63, 3.8) is 0 Å². The molecule has 0 aliphatic carbocycles. The normalized spacial score (nSPS) is 12.2. The molecule has 0 aromatic rings. The van der Waals surface area contributed by atoms with Gasteiger partial charge in [-0.3, -0.25) is 9.69 Å². The molecule has 0 radical (unpaired) electrons. The van der Waals surface area contributed by atoms with Crippen LogP contribution in [0.2, 0.25) is 0 Å². The first-order valence-corrected chi connectivity index (χ1v) is 6.49. The number of hydrogen-bond acceptors (Lipinski definition) is 3. The highest BCUT2D eigenvalue weighted by molar-refractivity contribution is 5.78. The topological polar surface area (TPSA) is 58.4 Å². The summed E-state index contributed by atoms with van der Waals surface area (Å²) in [5.74, 6) is 0.653. The van der Waals surface area contributed by atoms with Crippen molar-refractivity contribution in [2.45, 2.75) is 46.6 Å². The van der Waals surface area contributed by atoms with Crippen molar-refractivity contribution < 1.29 is 4.79 Å². The van der Waals surface area contributed by atoms with Crippen molar-refractivity contribution in [3.8, 4) is 0 Å². The number of nitrogens with two attached hydrogens (primary N) is 1. The minimum absolute atomic E-state index is 0.0233. The van der Waals surface area contributed by atoms with Gasteiger partial charge in [-0.25, -0.2) is 0 Å². The minimum atomic E-state index is 0.0233. The van der Waals surface area contributed by atoms with E-state index in [1.807, 2.05) is 0 Å². The van der Waals surface area contributed by atoms with Gasteiger partial charge in [0.15, 0.2) is 0 Å². The quantitative estimate of drug-likeness (QED) is 0.661. The Morgan fingerprint density at radius 1 is 1.35 bits per heavy atom. The van der Waals surface area contributed by atoms with Gasteiger partial charge in [0.1, 0.15) is 0 Å². The van der Waals surface area contributed by atoms with E-state index in [-0.39, 0.29) is 11.4 Å². The van der Waals surface area contributed by atoms with E-state index >= 15 is 0 Å². The number of carbonyl (C=O) groups is 1. The smallest absolute Gasteiger partial charge is 0.234 e. The third-order valence-corrected chi connectivity index (χ3v) is 2.57. The van der Waals surface area contributed by atoms with Crippen LogP contribution in [0.15, 0.2) is 0 Å². The molecule has 0 aliphatic heterocycles. The molecule has 4 heteroatoms. The van der Waals surface area contributed by atoms with E-state index in [0.717, 1.165) is 13.0 Å². The second-order valence-corrected chi connectivity index (χ2v) is 5.94. The fourth-order valence-corrected chi connectivity index (χ4v) is 1.58. The Morgan fingerprint density at radius 2 is 1.94 bits per heavy atom. The fourth-order valence-electron chi connectivity index (χ4n) is 1.58. The third kappa shape index (κ3) is 8.16. The molecule has 17 heavy (non-hydrogen) atoms. The van der Waals surface area contributed by atoms with E-state index in [9.17, 15) is 4.79 Å². The fraction of sp³-hybridized carbons (Fsp3) is 0.923. The predicted octanol–water partition coefficient (Wildman–Crippen LogP) is 1.21. The molecule has 0 atom stereocenters. The molecule has 0 rings (SSSR count). The Labute approximate surface area is 106 Å². The number of nitrogens with zero attached hydrogens (tertiary/aromatic N) is 1. The molecule has 4 nitrogen and oxygen atoms in total. The second-order valence-electron chi connectivity index (χ2n) is 5.94. The summed E-state index contributed by atoms with van der Waals surface area (Å²) in [6.45, 7) is 13.5. The molecule has 102 valence electrons. The summed E-state index contributed by atoms with van der Waals surface area (Å²) in [6, 6.07) is 0. The Morgan fingerprint density at radius 3 is 2.35 bits per heavy atom. The summed E-state index contributed by atoms with van der Waals surface area (Å²) in [6.07, 6.45) is 0.839. The van der Waals surface area contributed by atoms with Crippen LogP contribution in [0, 0.1) is 5.92 Å². The summed E-state index contributed by atoms with van der Waals surface area (Å²) in [5.41, 5.74) is 5.41. The Hall–Kier alpha value is -0.610. The zero-order valence-corrected chi connectivity index (χ0v) is 12.0. The standard InChI is InChI=1S/C13H29N3O/c1-11(2)9-16(13(3,4)5)10-12(17)15-8-6-7-14/h11H,6-10,14H2,1-5H3,(H,15,17). The number of hydrogen-bond donors (Lipinski definition) is 2. The molecular formula is C13H29N3O. The number of rotatable bonds is 7. The molecule has 0 bridgehead atoms. The molecule has 0 spiro atoms. The number of amides is 1. The molecule has 0 aliphatic rings. The Balaban J connectivity index is 4.19. The van der Waals surface area contributed by atoms with Gasteiger partial charge in [0, 0.05) is 18.6 Å². The van der Waals surface area contributed by atoms with E-state index in [2.05, 4.69) is 44.8 Å². The molecule has 0 heterocycles. The van der Waals surface area contributed by atoms with Gasteiger partial charge in [0.25, 0.3) is 0 Å². The maximum atomic E-state index is 11.8. The zero-order chi connectivity index (χ0) is 13.5. The van der Waals surface area contributed by atoms with Crippen LogP contribution in [0.25, 0.3) is 0 Å². The van der Waals surface area contributed by atoms with Gasteiger partial charge < -0.3 is 11.1 Å². The van der Waals surface area contributed by atoms with Crippen LogP contribution in [0.1, 0.15) is 41.0 Å². The number of nitrogens with one attached hydrogen (secondary N) is 1. The summed E-state index contributed by atoms with van der Waals surface area (Å²) in [7, 11) is 0. The van der Waals surface area contributed by atoms with E-state index < -0.39 is 0 Å². The van der Waals surface area contributed by atoms with Gasteiger partial charge in [-0.15, -0.1) is 0 Å². The van der Waals surface area contributed by atoms with Crippen molar-refractivity contribution >= 4 is 5.91 Å². The lowest BCUT2D eigenvalue weighted by Crippen LogP contribution is -2.48. The summed E-state index contributed by atoms with van der Waals surface area (Å²) in [5, 5.41) is 2.90. The highest BCUT2D eigenvalue weighted by Crippen LogP contribution is 2.14. The molecule has 0 aromatic heterocycles. The van der Waals surface area contributed by atoms with Crippen molar-refractivity contribution in [1.29, 1.82) is 0 Å². The molecule has 0 unspecified atom stereocenters. The first kappa shape index (κ1) is 16.4. The van der Waals surface area contributed by atoms with E-state index in [4.69, 9.17) is 5.73 Å². The lowest BCUT2D eigenvalue weighted by Gasteiger charge is -2.36. The van der Waals surface area contributed by atoms with Crippen molar-refractivity contribution in [2.75, 3.05) is 26.2 Å². The summed E-state index contributed by atoms with van der Waals surface area (Å²) < 4.78 is 0. The SMILES string of the molecule is CC(C)CN(CC(=O)NCCCN)C(C)(C)C. The lowest BCUT2D eigenvalue weighted by atomic mass is 10.0. The average Bonchev–Trinajstić information content (AvgIpc) is 2.15. The Bertz CT molecular complexity index is 221. The highest BCUT2D eigenvalue weighted by atomic mass is 16.2. The molecule has 0 saturated carbocycles. The molecule has 3 N–H and O–H groups in total. The van der Waals surface area contributed by atoms with Crippen LogP contribution in [-0.4, -0.2) is 42.5 Å². The number of carbonyl (C=O) groups excluding carboxylic acids is 1. The molecule has 0 aromatic carbocycles. The minimum Gasteiger partial charge on any atom is -0.355 e. The monoisotopic (exact) mass is 243 g/mol. The molecule has 0 fully saturated rings. The van der Waals surface area contributed by atoms with Gasteiger partial charge in [-0.05, 0) is 39.7 Å². The van der Waals surface area contributed by atoms with Crippen molar-refractivity contribution in [1.82, 2.24) is 10.2 Å². The van der Waals surface area contributed by atoms with E-state index in [1.165, 1.54) is 0 Å². The molecule has 1 amide bonds. The van der Waals surface area contributed by atoms with Crippen molar-refractivity contribution in [2.24, 2.45) is 11.7 Å². The molecular weight excluding hydrogens is 214 g/mol. The van der Waals surface area contributed by atoms with Gasteiger partial charge >= 0.3 is 0 Å². The average molecular weight is 243 g/mol. The second kappa shape index (κ2) is 7.67. The predicted molar refractivity (Wildman–Crippen MR) is 72.8 cm³/mol.